The molecule has 394 valence electrons. The first kappa shape index (κ1) is 65.8. The third-order valence-electron chi connectivity index (χ3n) is 10.7. The minimum atomic E-state index is -0.853. The molecule has 71 heavy (non-hydrogen) atoms. The summed E-state index contributed by atoms with van der Waals surface area (Å²) >= 11 is 0. The van der Waals surface area contributed by atoms with Crippen LogP contribution in [0.25, 0.3) is 0 Å². The van der Waals surface area contributed by atoms with Gasteiger partial charge in [-0.25, -0.2) is 0 Å². The van der Waals surface area contributed by atoms with E-state index in [1.807, 2.05) is 12.2 Å². The van der Waals surface area contributed by atoms with E-state index < -0.39 is 6.10 Å². The van der Waals surface area contributed by atoms with Crippen molar-refractivity contribution in [2.45, 2.75) is 207 Å². The lowest BCUT2D eigenvalue weighted by atomic mass is 10.1. The molecule has 0 aromatic heterocycles. The minimum absolute atomic E-state index is 0.149. The number of hydrogen-bond acceptors (Lipinski definition) is 6. The molecule has 0 unspecified atom stereocenters. The summed E-state index contributed by atoms with van der Waals surface area (Å²) in [7, 11) is 0. The van der Waals surface area contributed by atoms with E-state index in [1.54, 1.807) is 0 Å². The molecule has 0 spiro atoms. The van der Waals surface area contributed by atoms with Crippen LogP contribution in [0.2, 0.25) is 0 Å². The van der Waals surface area contributed by atoms with Crippen LogP contribution >= 0.6 is 0 Å². The lowest BCUT2D eigenvalue weighted by molar-refractivity contribution is -0.166. The molecule has 6 nitrogen and oxygen atoms in total. The Hall–Kier alpha value is -5.23. The molecule has 6 heteroatoms. The fourth-order valence-corrected chi connectivity index (χ4v) is 6.63. The molecule has 0 bridgehead atoms. The van der Waals surface area contributed by atoms with Gasteiger partial charge in [0.2, 0.25) is 0 Å². The summed E-state index contributed by atoms with van der Waals surface area (Å²) < 4.78 is 16.7. The Labute approximate surface area is 434 Å². The standard InChI is InChI=1S/C65H98O6/c1-4-7-10-13-16-19-22-25-28-31-32-35-37-40-43-46-49-52-55-58-64(67)70-61-62(71-65(68)59-56-53-50-47-44-41-38-34-30-27-24-21-18-15-12-9-6-3)60-69-63(66)57-54-51-48-45-42-39-36-33-29-26-23-20-17-14-11-8-5-2/h7-8,10-11,16-21,25-30,32,35-36,38-41,43,45,48-49,52,62H,4-6,9,12-15,22-24,31,33-34,37,42,44,46-47,50-51,53-61H2,1-3H3/b10-7-,11-8-,19-16-,20-17-,21-18-,28-25-,29-26-,30-27-,35-32-,39-36-,41-38-,43-40-,48-45-,52-49-/t62-/m0/s1. The van der Waals surface area contributed by atoms with Gasteiger partial charge < -0.3 is 14.2 Å². The Morgan fingerprint density at radius 1 is 0.296 bits per heavy atom. The molecule has 0 aliphatic carbocycles. The first-order valence-electron chi connectivity index (χ1n) is 27.6. The molecule has 0 heterocycles. The van der Waals surface area contributed by atoms with E-state index in [4.69, 9.17) is 14.2 Å². The Bertz CT molecular complexity index is 1690. The number of esters is 3. The van der Waals surface area contributed by atoms with Crippen molar-refractivity contribution in [3.63, 3.8) is 0 Å². The van der Waals surface area contributed by atoms with Crippen LogP contribution < -0.4 is 0 Å². The maximum absolute atomic E-state index is 12.8. The van der Waals surface area contributed by atoms with E-state index in [-0.39, 0.29) is 50.4 Å². The number of carbonyl (C=O) groups excluding carboxylic acids is 3. The SMILES string of the molecule is CC/C=C\C/C=C\C/C=C\C/C=C\C/C=C\C/C=C\CCC(=O)OC[C@H](COC(=O)CCC/C=C\C/C=C\C/C=C\C/C=C\C/C=C\CC)OC(=O)CCCCCC/C=C\C/C=C\C/C=C\CCCCC. The van der Waals surface area contributed by atoms with Gasteiger partial charge in [0.05, 0.1) is 0 Å². The molecule has 0 fully saturated rings. The lowest BCUT2D eigenvalue weighted by Gasteiger charge is -2.18. The predicted molar refractivity (Wildman–Crippen MR) is 306 cm³/mol. The Kier molecular flexibility index (Phi) is 53.1. The highest BCUT2D eigenvalue weighted by molar-refractivity contribution is 5.71. The topological polar surface area (TPSA) is 78.9 Å². The molecule has 0 saturated carbocycles. The first-order valence-corrected chi connectivity index (χ1v) is 27.6. The molecule has 0 saturated heterocycles. The number of ether oxygens (including phenoxy) is 3. The maximum atomic E-state index is 12.8. The van der Waals surface area contributed by atoms with Crippen LogP contribution in [-0.2, 0) is 28.6 Å². The van der Waals surface area contributed by atoms with Crippen LogP contribution in [-0.4, -0.2) is 37.2 Å². The summed E-state index contributed by atoms with van der Waals surface area (Å²) in [5, 5.41) is 0. The van der Waals surface area contributed by atoms with Crippen molar-refractivity contribution in [2.75, 3.05) is 13.2 Å². The first-order chi connectivity index (χ1) is 35.0. The molecule has 0 aliphatic heterocycles. The van der Waals surface area contributed by atoms with Gasteiger partial charge in [-0.15, -0.1) is 0 Å². The summed E-state index contributed by atoms with van der Waals surface area (Å²) in [4.78, 5) is 38.1. The Balaban J connectivity index is 4.67. The van der Waals surface area contributed by atoms with Crippen LogP contribution in [0.1, 0.15) is 201 Å². The average Bonchev–Trinajstić information content (AvgIpc) is 3.37. The summed E-state index contributed by atoms with van der Waals surface area (Å²) in [5.74, 6) is -1.12. The molecule has 1 atom stereocenters. The molecule has 0 amide bonds. The van der Waals surface area contributed by atoms with Gasteiger partial charge in [-0.05, 0) is 135 Å². The molecule has 0 aromatic carbocycles. The normalized spacial score (nSPS) is 13.5. The van der Waals surface area contributed by atoms with E-state index in [2.05, 4.69) is 179 Å². The van der Waals surface area contributed by atoms with Crippen molar-refractivity contribution in [3.8, 4) is 0 Å². The van der Waals surface area contributed by atoms with E-state index in [0.717, 1.165) is 116 Å². The number of unbranched alkanes of at least 4 members (excludes halogenated alkanes) is 8. The average molecular weight is 975 g/mol. The zero-order chi connectivity index (χ0) is 51.4. The van der Waals surface area contributed by atoms with Crippen molar-refractivity contribution < 1.29 is 28.6 Å². The molecule has 0 aliphatic rings. The van der Waals surface area contributed by atoms with E-state index in [0.29, 0.717) is 19.3 Å². The second kappa shape index (κ2) is 57.3. The third kappa shape index (κ3) is 55.6. The van der Waals surface area contributed by atoms with Crippen molar-refractivity contribution >= 4 is 17.9 Å². The second-order valence-electron chi connectivity index (χ2n) is 17.4. The number of hydrogen-bond donors (Lipinski definition) is 0. The molecule has 0 radical (unpaired) electrons. The minimum Gasteiger partial charge on any atom is -0.462 e. The summed E-state index contributed by atoms with van der Waals surface area (Å²) in [6.07, 6.45) is 85.0. The highest BCUT2D eigenvalue weighted by atomic mass is 16.6. The second-order valence-corrected chi connectivity index (χ2v) is 17.4. The van der Waals surface area contributed by atoms with Crippen molar-refractivity contribution in [3.05, 3.63) is 170 Å². The van der Waals surface area contributed by atoms with Crippen molar-refractivity contribution in [1.29, 1.82) is 0 Å². The van der Waals surface area contributed by atoms with Gasteiger partial charge in [-0.1, -0.05) is 217 Å². The smallest absolute Gasteiger partial charge is 0.306 e. The van der Waals surface area contributed by atoms with Gasteiger partial charge in [-0.2, -0.15) is 0 Å². The van der Waals surface area contributed by atoms with Crippen LogP contribution in [0.3, 0.4) is 0 Å². The Morgan fingerprint density at radius 3 is 0.972 bits per heavy atom. The van der Waals surface area contributed by atoms with E-state index in [1.165, 1.54) is 25.7 Å². The number of rotatable bonds is 47. The quantitative estimate of drug-likeness (QED) is 0.0262. The summed E-state index contributed by atoms with van der Waals surface area (Å²) in [6.45, 7) is 6.22. The monoisotopic (exact) mass is 975 g/mol. The van der Waals surface area contributed by atoms with Crippen LogP contribution in [0.5, 0.6) is 0 Å². The molecule has 0 N–H and O–H groups in total. The highest BCUT2D eigenvalue weighted by Gasteiger charge is 2.19. The predicted octanol–water partition coefficient (Wildman–Crippen LogP) is 18.8. The van der Waals surface area contributed by atoms with E-state index in [9.17, 15) is 14.4 Å². The van der Waals surface area contributed by atoms with Gasteiger partial charge >= 0.3 is 17.9 Å². The molecular formula is C65H98O6. The van der Waals surface area contributed by atoms with Crippen LogP contribution in [0.4, 0.5) is 0 Å². The van der Waals surface area contributed by atoms with Gasteiger partial charge in [0.1, 0.15) is 13.2 Å². The van der Waals surface area contributed by atoms with Crippen molar-refractivity contribution in [2.24, 2.45) is 0 Å². The maximum Gasteiger partial charge on any atom is 0.306 e. The van der Waals surface area contributed by atoms with Gasteiger partial charge in [0.25, 0.3) is 0 Å². The fraction of sp³-hybridized carbons (Fsp3) is 0.523. The van der Waals surface area contributed by atoms with Crippen LogP contribution in [0.15, 0.2) is 170 Å². The van der Waals surface area contributed by atoms with Gasteiger partial charge in [0, 0.05) is 19.3 Å². The van der Waals surface area contributed by atoms with Crippen molar-refractivity contribution in [1.82, 2.24) is 0 Å². The molecule has 0 aromatic rings. The highest BCUT2D eigenvalue weighted by Crippen LogP contribution is 2.11. The van der Waals surface area contributed by atoms with Gasteiger partial charge in [0.15, 0.2) is 6.10 Å². The number of carbonyl (C=O) groups is 3. The fourth-order valence-electron chi connectivity index (χ4n) is 6.63. The largest absolute Gasteiger partial charge is 0.462 e. The molecular weight excluding hydrogens is 877 g/mol. The lowest BCUT2D eigenvalue weighted by Crippen LogP contribution is -2.30. The zero-order valence-electron chi connectivity index (χ0n) is 44.9. The van der Waals surface area contributed by atoms with Gasteiger partial charge in [-0.3, -0.25) is 14.4 Å². The van der Waals surface area contributed by atoms with E-state index >= 15 is 0 Å². The summed E-state index contributed by atoms with van der Waals surface area (Å²) in [6, 6.07) is 0. The zero-order valence-corrected chi connectivity index (χ0v) is 44.9. The third-order valence-corrected chi connectivity index (χ3v) is 10.7. The van der Waals surface area contributed by atoms with Crippen LogP contribution in [0, 0.1) is 0 Å². The summed E-state index contributed by atoms with van der Waals surface area (Å²) in [5.41, 5.74) is 0. The Morgan fingerprint density at radius 2 is 0.592 bits per heavy atom. The number of allylic oxidation sites excluding steroid dienone is 28. The molecule has 0 rings (SSSR count).